The van der Waals surface area contributed by atoms with Crippen LogP contribution in [0.25, 0.3) is 5.65 Å². The van der Waals surface area contributed by atoms with Gasteiger partial charge in [-0.3, -0.25) is 0 Å². The Bertz CT molecular complexity index is 843. The Morgan fingerprint density at radius 2 is 2.13 bits per heavy atom. The first-order valence-corrected chi connectivity index (χ1v) is 7.47. The molecule has 0 unspecified atom stereocenters. The van der Waals surface area contributed by atoms with Crippen LogP contribution < -0.4 is 9.64 Å². The molecule has 4 rings (SSSR count). The number of pyridine rings is 1. The normalized spacial score (nSPS) is 15.0. The number of aliphatic hydroxyl groups is 1. The number of anilines is 1. The van der Waals surface area contributed by atoms with Crippen molar-refractivity contribution in [1.82, 2.24) is 9.38 Å². The van der Waals surface area contributed by atoms with Crippen molar-refractivity contribution in [2.45, 2.75) is 12.7 Å². The molecular weight excluding hydrogens is 297 g/mol. The minimum absolute atomic E-state index is 0.0214. The van der Waals surface area contributed by atoms with E-state index < -0.39 is 0 Å². The summed E-state index contributed by atoms with van der Waals surface area (Å²) in [7, 11) is 0. The van der Waals surface area contributed by atoms with E-state index in [1.807, 2.05) is 33.8 Å². The molecule has 1 saturated heterocycles. The molecule has 2 aromatic heterocycles. The van der Waals surface area contributed by atoms with Crippen molar-refractivity contribution in [1.29, 1.82) is 0 Å². The zero-order valence-corrected chi connectivity index (χ0v) is 12.4. The number of halogens is 1. The number of hydrogen-bond donors (Lipinski definition) is 1. The van der Waals surface area contributed by atoms with Crippen LogP contribution in [-0.2, 0) is 6.61 Å². The zero-order valence-electron chi connectivity index (χ0n) is 12.4. The first-order valence-electron chi connectivity index (χ1n) is 7.47. The number of benzene rings is 1. The molecule has 1 aliphatic heterocycles. The summed E-state index contributed by atoms with van der Waals surface area (Å²) in [6.45, 7) is 0.944. The van der Waals surface area contributed by atoms with Crippen LogP contribution in [0.4, 0.5) is 10.1 Å². The third kappa shape index (κ3) is 2.51. The van der Waals surface area contributed by atoms with Crippen molar-refractivity contribution in [2.24, 2.45) is 0 Å². The molecule has 0 aliphatic carbocycles. The Balaban J connectivity index is 1.43. The highest BCUT2D eigenvalue weighted by molar-refractivity contribution is 5.53. The van der Waals surface area contributed by atoms with Crippen LogP contribution in [0.3, 0.4) is 0 Å². The van der Waals surface area contributed by atoms with Crippen LogP contribution in [0, 0.1) is 5.82 Å². The number of rotatable bonds is 4. The third-order valence-electron chi connectivity index (χ3n) is 4.08. The molecule has 1 N–H and O–H groups in total. The molecule has 0 spiro atoms. The summed E-state index contributed by atoms with van der Waals surface area (Å²) in [6.07, 6.45) is 5.51. The molecule has 3 heterocycles. The number of ether oxygens (including phenoxy) is 1. The van der Waals surface area contributed by atoms with Crippen LogP contribution in [0.5, 0.6) is 5.75 Å². The number of aliphatic hydroxyl groups excluding tert-OH is 1. The van der Waals surface area contributed by atoms with Crippen molar-refractivity contribution in [3.63, 3.8) is 0 Å². The Labute approximate surface area is 132 Å². The van der Waals surface area contributed by atoms with E-state index in [1.165, 1.54) is 0 Å². The van der Waals surface area contributed by atoms with Crippen LogP contribution in [0.2, 0.25) is 0 Å². The van der Waals surface area contributed by atoms with Gasteiger partial charge >= 0.3 is 0 Å². The zero-order chi connectivity index (χ0) is 15.8. The molecule has 0 amide bonds. The molecule has 118 valence electrons. The second kappa shape index (κ2) is 5.55. The first-order chi connectivity index (χ1) is 11.2. The van der Waals surface area contributed by atoms with Gasteiger partial charge in [-0.2, -0.15) is 0 Å². The number of fused-ring (bicyclic) bond motifs is 1. The molecule has 23 heavy (non-hydrogen) atoms. The summed E-state index contributed by atoms with van der Waals surface area (Å²) in [6, 6.07) is 8.86. The topological polar surface area (TPSA) is 50.0 Å². The molecule has 5 nitrogen and oxygen atoms in total. The van der Waals surface area contributed by atoms with E-state index in [4.69, 9.17) is 9.84 Å². The average molecular weight is 313 g/mol. The van der Waals surface area contributed by atoms with Crippen LogP contribution in [0.1, 0.15) is 5.56 Å². The number of aromatic nitrogens is 2. The summed E-state index contributed by atoms with van der Waals surface area (Å²) >= 11 is 0. The Kier molecular flexibility index (Phi) is 3.38. The van der Waals surface area contributed by atoms with Crippen LogP contribution in [0.15, 0.2) is 48.9 Å². The van der Waals surface area contributed by atoms with Crippen LogP contribution in [-0.4, -0.2) is 33.7 Å². The Hall–Kier alpha value is -2.60. The lowest BCUT2D eigenvalue weighted by Crippen LogP contribution is -2.54. The highest BCUT2D eigenvalue weighted by atomic mass is 19.1. The SMILES string of the molecule is OCc1cccc(N2CC(Oc3ccc4nccn4c3)C2)c1F. The van der Waals surface area contributed by atoms with E-state index >= 15 is 0 Å². The molecule has 0 bridgehead atoms. The predicted molar refractivity (Wildman–Crippen MR) is 84.1 cm³/mol. The van der Waals surface area contributed by atoms with E-state index in [2.05, 4.69) is 4.98 Å². The highest BCUT2D eigenvalue weighted by Gasteiger charge is 2.30. The lowest BCUT2D eigenvalue weighted by Gasteiger charge is -2.40. The fourth-order valence-corrected chi connectivity index (χ4v) is 2.80. The summed E-state index contributed by atoms with van der Waals surface area (Å²) in [5.41, 5.74) is 1.70. The molecule has 0 saturated carbocycles. The first kappa shape index (κ1) is 14.0. The second-order valence-corrected chi connectivity index (χ2v) is 5.61. The summed E-state index contributed by atoms with van der Waals surface area (Å²) < 4.78 is 22.0. The molecule has 1 aliphatic rings. The molecule has 6 heteroatoms. The van der Waals surface area contributed by atoms with Gasteiger partial charge < -0.3 is 19.1 Å². The fraction of sp³-hybridized carbons (Fsp3) is 0.235. The lowest BCUT2D eigenvalue weighted by molar-refractivity contribution is 0.166. The van der Waals surface area contributed by atoms with E-state index in [9.17, 15) is 4.39 Å². The molecule has 1 fully saturated rings. The van der Waals surface area contributed by atoms with Crippen molar-refractivity contribution in [3.05, 3.63) is 60.3 Å². The second-order valence-electron chi connectivity index (χ2n) is 5.61. The third-order valence-corrected chi connectivity index (χ3v) is 4.08. The molecule has 0 atom stereocenters. The van der Waals surface area contributed by atoms with Gasteiger partial charge in [-0.15, -0.1) is 0 Å². The molecular formula is C17H16FN3O2. The quantitative estimate of drug-likeness (QED) is 0.802. The fourth-order valence-electron chi connectivity index (χ4n) is 2.80. The van der Waals surface area contributed by atoms with Crippen LogP contribution >= 0.6 is 0 Å². The van der Waals surface area contributed by atoms with Gasteiger partial charge in [-0.25, -0.2) is 9.37 Å². The summed E-state index contributed by atoms with van der Waals surface area (Å²) in [5.74, 6) is 0.415. The monoisotopic (exact) mass is 313 g/mol. The van der Waals surface area contributed by atoms with Crippen molar-refractivity contribution >= 4 is 11.3 Å². The standard InChI is InChI=1S/C17H16FN3O2/c18-17-12(11-22)2-1-3-15(17)21-9-14(10-21)23-13-4-5-16-19-6-7-20(16)8-13/h1-8,14,22H,9-11H2. The number of imidazole rings is 1. The van der Waals surface area contributed by atoms with Gasteiger partial charge in [-0.05, 0) is 18.2 Å². The van der Waals surface area contributed by atoms with Gasteiger partial charge in [0, 0.05) is 18.0 Å². The lowest BCUT2D eigenvalue weighted by atomic mass is 10.1. The van der Waals surface area contributed by atoms with Crippen molar-refractivity contribution < 1.29 is 14.2 Å². The number of hydrogen-bond acceptors (Lipinski definition) is 4. The van der Waals surface area contributed by atoms with E-state index in [1.54, 1.807) is 24.4 Å². The van der Waals surface area contributed by atoms with Gasteiger partial charge in [0.1, 0.15) is 17.5 Å². The summed E-state index contributed by atoms with van der Waals surface area (Å²) in [5, 5.41) is 9.14. The highest BCUT2D eigenvalue weighted by Crippen LogP contribution is 2.28. The van der Waals surface area contributed by atoms with Gasteiger partial charge in [0.25, 0.3) is 0 Å². The van der Waals surface area contributed by atoms with Crippen molar-refractivity contribution in [2.75, 3.05) is 18.0 Å². The maximum Gasteiger partial charge on any atom is 0.151 e. The minimum Gasteiger partial charge on any atom is -0.485 e. The van der Waals surface area contributed by atoms with E-state index in [0.717, 1.165) is 11.4 Å². The molecule has 3 aromatic rings. The molecule has 1 aromatic carbocycles. The van der Waals surface area contributed by atoms with Gasteiger partial charge in [0.2, 0.25) is 0 Å². The average Bonchev–Trinajstić information content (AvgIpc) is 2.99. The Morgan fingerprint density at radius 1 is 1.26 bits per heavy atom. The minimum atomic E-state index is -0.353. The van der Waals surface area contributed by atoms with Crippen molar-refractivity contribution in [3.8, 4) is 5.75 Å². The predicted octanol–water partition coefficient (Wildman–Crippen LogP) is 2.23. The maximum absolute atomic E-state index is 14.2. The molecule has 0 radical (unpaired) electrons. The largest absolute Gasteiger partial charge is 0.485 e. The Morgan fingerprint density at radius 3 is 2.96 bits per heavy atom. The number of nitrogens with zero attached hydrogens (tertiary/aromatic N) is 3. The smallest absolute Gasteiger partial charge is 0.151 e. The summed E-state index contributed by atoms with van der Waals surface area (Å²) in [4.78, 5) is 6.10. The van der Waals surface area contributed by atoms with Gasteiger partial charge in [0.05, 0.1) is 31.6 Å². The van der Waals surface area contributed by atoms with Gasteiger partial charge in [-0.1, -0.05) is 12.1 Å². The van der Waals surface area contributed by atoms with E-state index in [0.29, 0.717) is 24.3 Å². The van der Waals surface area contributed by atoms with E-state index in [-0.39, 0.29) is 18.5 Å². The maximum atomic E-state index is 14.2. The van der Waals surface area contributed by atoms with Gasteiger partial charge in [0.15, 0.2) is 5.82 Å².